The molecule has 1 aromatic heterocycles. The molecule has 0 saturated carbocycles. The van der Waals surface area contributed by atoms with Crippen molar-refractivity contribution in [1.82, 2.24) is 5.32 Å². The van der Waals surface area contributed by atoms with Gasteiger partial charge in [-0.3, -0.25) is 0 Å². The Morgan fingerprint density at radius 1 is 1.06 bits per heavy atom. The molecule has 0 spiro atoms. The minimum Gasteiger partial charge on any atom is -0.308 e. The maximum atomic E-state index is 12.9. The van der Waals surface area contributed by atoms with Gasteiger partial charge in [0.05, 0.1) is 3.79 Å². The summed E-state index contributed by atoms with van der Waals surface area (Å²) in [5, 5.41) is 3.04. The molecule has 0 saturated heterocycles. The number of hydrogen-bond acceptors (Lipinski definition) is 2. The highest BCUT2D eigenvalue weighted by molar-refractivity contribution is 9.11. The second-order valence-electron chi connectivity index (χ2n) is 3.68. The van der Waals surface area contributed by atoms with Crippen molar-refractivity contribution in [2.45, 2.75) is 13.1 Å². The monoisotopic (exact) mass is 335 g/mol. The molecule has 1 heterocycles. The van der Waals surface area contributed by atoms with Gasteiger partial charge in [-0.15, -0.1) is 11.3 Å². The van der Waals surface area contributed by atoms with Crippen LogP contribution in [-0.4, -0.2) is 0 Å². The van der Waals surface area contributed by atoms with Gasteiger partial charge in [0.15, 0.2) is 17.5 Å². The van der Waals surface area contributed by atoms with Gasteiger partial charge < -0.3 is 5.32 Å². The predicted molar refractivity (Wildman–Crippen MR) is 68.9 cm³/mol. The molecule has 1 nitrogen and oxygen atoms in total. The molecule has 96 valence electrons. The summed E-state index contributed by atoms with van der Waals surface area (Å²) >= 11 is 4.92. The molecule has 1 N–H and O–H groups in total. The van der Waals surface area contributed by atoms with E-state index in [1.807, 2.05) is 12.1 Å². The largest absolute Gasteiger partial charge is 0.308 e. The lowest BCUT2D eigenvalue weighted by molar-refractivity contribution is 0.444. The van der Waals surface area contributed by atoms with Gasteiger partial charge in [-0.1, -0.05) is 0 Å². The number of benzene rings is 1. The summed E-state index contributed by atoms with van der Waals surface area (Å²) in [5.74, 6) is -3.75. The van der Waals surface area contributed by atoms with E-state index in [4.69, 9.17) is 0 Å². The highest BCUT2D eigenvalue weighted by Gasteiger charge is 2.10. The van der Waals surface area contributed by atoms with Crippen LogP contribution in [0, 0.1) is 17.5 Å². The Morgan fingerprint density at radius 3 is 2.28 bits per heavy atom. The van der Waals surface area contributed by atoms with Crippen molar-refractivity contribution in [1.29, 1.82) is 0 Å². The second-order valence-corrected chi connectivity index (χ2v) is 6.23. The molecule has 0 unspecified atom stereocenters. The number of hydrogen-bond donors (Lipinski definition) is 1. The maximum absolute atomic E-state index is 12.9. The van der Waals surface area contributed by atoms with Gasteiger partial charge in [0, 0.05) is 18.0 Å². The fraction of sp³-hybridized carbons (Fsp3) is 0.167. The van der Waals surface area contributed by atoms with Crippen LogP contribution in [0.3, 0.4) is 0 Å². The van der Waals surface area contributed by atoms with E-state index in [9.17, 15) is 13.2 Å². The number of nitrogens with one attached hydrogen (secondary N) is 1. The molecule has 0 aliphatic carbocycles. The van der Waals surface area contributed by atoms with Gasteiger partial charge in [-0.2, -0.15) is 0 Å². The van der Waals surface area contributed by atoms with Crippen molar-refractivity contribution in [3.8, 4) is 0 Å². The third-order valence-corrected chi connectivity index (χ3v) is 3.92. The van der Waals surface area contributed by atoms with E-state index >= 15 is 0 Å². The molecule has 0 amide bonds. The highest BCUT2D eigenvalue weighted by Crippen LogP contribution is 2.22. The Morgan fingerprint density at radius 2 is 1.72 bits per heavy atom. The zero-order valence-electron chi connectivity index (χ0n) is 9.14. The maximum Gasteiger partial charge on any atom is 0.194 e. The Hall–Kier alpha value is -0.850. The van der Waals surface area contributed by atoms with Crippen molar-refractivity contribution in [2.24, 2.45) is 0 Å². The molecule has 0 fully saturated rings. The molecule has 18 heavy (non-hydrogen) atoms. The molecule has 2 rings (SSSR count). The first-order chi connectivity index (χ1) is 8.56. The van der Waals surface area contributed by atoms with Crippen molar-refractivity contribution in [2.75, 3.05) is 0 Å². The number of halogens is 4. The van der Waals surface area contributed by atoms with Crippen LogP contribution in [0.5, 0.6) is 0 Å². The zero-order valence-corrected chi connectivity index (χ0v) is 11.5. The second kappa shape index (κ2) is 5.86. The van der Waals surface area contributed by atoms with Crippen LogP contribution in [0.2, 0.25) is 0 Å². The molecule has 0 radical (unpaired) electrons. The molecule has 0 aliphatic heterocycles. The lowest BCUT2D eigenvalue weighted by Gasteiger charge is -2.05. The van der Waals surface area contributed by atoms with Crippen LogP contribution in [0.25, 0.3) is 0 Å². The van der Waals surface area contributed by atoms with E-state index in [0.29, 0.717) is 12.1 Å². The molecular formula is C12H9BrF3NS. The SMILES string of the molecule is Fc1cc(CNCc2ccc(Br)s2)cc(F)c1F. The van der Waals surface area contributed by atoms with Crippen molar-refractivity contribution in [3.05, 3.63) is 55.9 Å². The number of thiophene rings is 1. The quantitative estimate of drug-likeness (QED) is 0.825. The zero-order chi connectivity index (χ0) is 13.1. The minimum atomic E-state index is -1.43. The van der Waals surface area contributed by atoms with Gasteiger partial charge in [0.1, 0.15) is 0 Å². The fourth-order valence-electron chi connectivity index (χ4n) is 1.49. The van der Waals surface area contributed by atoms with Crippen LogP contribution in [0.4, 0.5) is 13.2 Å². The molecule has 1 aromatic carbocycles. The van der Waals surface area contributed by atoms with Gasteiger partial charge in [-0.25, -0.2) is 13.2 Å². The average Bonchev–Trinajstić information content (AvgIpc) is 2.72. The summed E-state index contributed by atoms with van der Waals surface area (Å²) in [6.45, 7) is 0.876. The summed E-state index contributed by atoms with van der Waals surface area (Å²) in [4.78, 5) is 1.10. The first-order valence-electron chi connectivity index (χ1n) is 5.14. The Balaban J connectivity index is 1.94. The first kappa shape index (κ1) is 13.6. The van der Waals surface area contributed by atoms with Crippen molar-refractivity contribution in [3.63, 3.8) is 0 Å². The van der Waals surface area contributed by atoms with Crippen LogP contribution in [-0.2, 0) is 13.1 Å². The standard InChI is InChI=1S/C12H9BrF3NS/c13-11-2-1-8(18-11)6-17-5-7-3-9(14)12(16)10(15)4-7/h1-4,17H,5-6H2. The van der Waals surface area contributed by atoms with Gasteiger partial charge >= 0.3 is 0 Å². The van der Waals surface area contributed by atoms with E-state index in [-0.39, 0.29) is 6.54 Å². The molecule has 0 bridgehead atoms. The summed E-state index contributed by atoms with van der Waals surface area (Å²) < 4.78 is 39.6. The molecule has 6 heteroatoms. The summed E-state index contributed by atoms with van der Waals surface area (Å²) in [6.07, 6.45) is 0. The molecule has 0 aliphatic rings. The van der Waals surface area contributed by atoms with E-state index in [1.165, 1.54) is 0 Å². The summed E-state index contributed by atoms with van der Waals surface area (Å²) in [6, 6.07) is 5.87. The lowest BCUT2D eigenvalue weighted by atomic mass is 10.2. The van der Waals surface area contributed by atoms with Gasteiger partial charge in [0.2, 0.25) is 0 Å². The summed E-state index contributed by atoms with van der Waals surface area (Å²) in [7, 11) is 0. The van der Waals surface area contributed by atoms with Crippen LogP contribution in [0.15, 0.2) is 28.1 Å². The fourth-order valence-corrected chi connectivity index (χ4v) is 2.94. The predicted octanol–water partition coefficient (Wildman–Crippen LogP) is 4.22. The van der Waals surface area contributed by atoms with Gasteiger partial charge in [-0.05, 0) is 45.8 Å². The highest BCUT2D eigenvalue weighted by atomic mass is 79.9. The normalized spacial score (nSPS) is 10.9. The molecular weight excluding hydrogens is 327 g/mol. The third kappa shape index (κ3) is 3.34. The van der Waals surface area contributed by atoms with E-state index < -0.39 is 17.5 Å². The van der Waals surface area contributed by atoms with Crippen LogP contribution in [0.1, 0.15) is 10.4 Å². The Labute approximate surface area is 115 Å². The van der Waals surface area contributed by atoms with Crippen LogP contribution >= 0.6 is 27.3 Å². The van der Waals surface area contributed by atoms with Crippen molar-refractivity contribution >= 4 is 27.3 Å². The topological polar surface area (TPSA) is 12.0 Å². The molecule has 0 atom stereocenters. The third-order valence-electron chi connectivity index (χ3n) is 2.30. The van der Waals surface area contributed by atoms with E-state index in [0.717, 1.165) is 20.8 Å². The molecule has 2 aromatic rings. The summed E-state index contributed by atoms with van der Waals surface area (Å²) in [5.41, 5.74) is 0.377. The van der Waals surface area contributed by atoms with E-state index in [1.54, 1.807) is 11.3 Å². The number of rotatable bonds is 4. The Bertz CT molecular complexity index is 533. The van der Waals surface area contributed by atoms with Crippen molar-refractivity contribution < 1.29 is 13.2 Å². The first-order valence-corrected chi connectivity index (χ1v) is 6.75. The minimum absolute atomic E-state index is 0.281. The smallest absolute Gasteiger partial charge is 0.194 e. The Kier molecular flexibility index (Phi) is 4.42. The lowest BCUT2D eigenvalue weighted by Crippen LogP contribution is -2.12. The van der Waals surface area contributed by atoms with Gasteiger partial charge in [0.25, 0.3) is 0 Å². The van der Waals surface area contributed by atoms with E-state index in [2.05, 4.69) is 21.2 Å². The van der Waals surface area contributed by atoms with Crippen LogP contribution < -0.4 is 5.32 Å². The average molecular weight is 336 g/mol.